The lowest BCUT2D eigenvalue weighted by molar-refractivity contribution is 0.580. The molecule has 0 aliphatic carbocycles. The van der Waals surface area contributed by atoms with Gasteiger partial charge < -0.3 is 5.32 Å². The Hall–Kier alpha value is -2.15. The van der Waals surface area contributed by atoms with Crippen molar-refractivity contribution in [3.63, 3.8) is 0 Å². The Morgan fingerprint density at radius 2 is 1.69 bits per heavy atom. The lowest BCUT2D eigenvalue weighted by Gasteiger charge is -2.11. The third kappa shape index (κ3) is 3.98. The number of hydrogen-bond acceptors (Lipinski definition) is 3. The minimum atomic E-state index is -0.659. The van der Waals surface area contributed by atoms with E-state index >= 15 is 0 Å². The fourth-order valence-electron chi connectivity index (χ4n) is 2.29. The zero-order valence-corrected chi connectivity index (χ0v) is 15.2. The van der Waals surface area contributed by atoms with E-state index in [0.717, 1.165) is 10.7 Å². The van der Waals surface area contributed by atoms with Crippen molar-refractivity contribution in [1.29, 1.82) is 0 Å². The van der Waals surface area contributed by atoms with Crippen LogP contribution in [0.3, 0.4) is 0 Å². The van der Waals surface area contributed by atoms with E-state index in [2.05, 4.69) is 10.4 Å². The van der Waals surface area contributed by atoms with Crippen LogP contribution in [0.15, 0.2) is 47.4 Å². The molecule has 3 aromatic rings. The number of benzene rings is 2. The van der Waals surface area contributed by atoms with Gasteiger partial charge in [-0.2, -0.15) is 9.78 Å². The predicted octanol–water partition coefficient (Wildman–Crippen LogP) is 5.08. The maximum atomic E-state index is 13.2. The van der Waals surface area contributed by atoms with Gasteiger partial charge in [0.25, 0.3) is 5.56 Å². The number of halogens is 5. The van der Waals surface area contributed by atoms with Crippen LogP contribution in [0.2, 0.25) is 15.1 Å². The van der Waals surface area contributed by atoms with Gasteiger partial charge in [-0.05, 0) is 35.9 Å². The summed E-state index contributed by atoms with van der Waals surface area (Å²) in [5.74, 6) is -1.32. The Morgan fingerprint density at radius 3 is 2.35 bits per heavy atom. The average molecular weight is 417 g/mol. The van der Waals surface area contributed by atoms with Crippen LogP contribution in [-0.4, -0.2) is 9.78 Å². The minimum Gasteiger partial charge on any atom is -0.380 e. The molecule has 1 N–H and O–H groups in total. The molecule has 3 rings (SSSR count). The summed E-state index contributed by atoms with van der Waals surface area (Å²) in [4.78, 5) is 12.1. The molecule has 0 fully saturated rings. The third-order valence-electron chi connectivity index (χ3n) is 3.48. The van der Waals surface area contributed by atoms with Crippen LogP contribution in [-0.2, 0) is 6.54 Å². The van der Waals surface area contributed by atoms with E-state index in [1.165, 1.54) is 24.4 Å². The summed E-state index contributed by atoms with van der Waals surface area (Å²) in [5.41, 5.74) is 0.755. The molecule has 1 aromatic heterocycles. The SMILES string of the molecule is O=c1c(Cl)c(Cl)cnn1-c1ccc(NCc2cc(F)cc(F)c2)c(Cl)c1. The predicted molar refractivity (Wildman–Crippen MR) is 98.5 cm³/mol. The highest BCUT2D eigenvalue weighted by Gasteiger charge is 2.11. The van der Waals surface area contributed by atoms with E-state index in [0.29, 0.717) is 22.0 Å². The first-order chi connectivity index (χ1) is 12.3. The highest BCUT2D eigenvalue weighted by molar-refractivity contribution is 6.41. The topological polar surface area (TPSA) is 46.9 Å². The standard InChI is InChI=1S/C17H10Cl3F2N3O/c18-13-6-12(25-17(26)16(20)14(19)8-24-25)1-2-15(13)23-7-9-3-10(21)5-11(22)4-9/h1-6,8,23H,7H2. The van der Waals surface area contributed by atoms with Gasteiger partial charge in [0, 0.05) is 12.6 Å². The fraction of sp³-hybridized carbons (Fsp3) is 0.0588. The minimum absolute atomic E-state index is 0.0552. The third-order valence-corrected chi connectivity index (χ3v) is 4.54. The van der Waals surface area contributed by atoms with Gasteiger partial charge >= 0.3 is 0 Å². The highest BCUT2D eigenvalue weighted by Crippen LogP contribution is 2.25. The molecule has 0 amide bonds. The summed E-state index contributed by atoms with van der Waals surface area (Å²) >= 11 is 17.8. The van der Waals surface area contributed by atoms with Crippen LogP contribution in [0.4, 0.5) is 14.5 Å². The molecule has 134 valence electrons. The Balaban J connectivity index is 1.84. The first-order valence-electron chi connectivity index (χ1n) is 7.27. The van der Waals surface area contributed by atoms with Gasteiger partial charge in [0.2, 0.25) is 0 Å². The van der Waals surface area contributed by atoms with E-state index in [9.17, 15) is 13.6 Å². The molecule has 0 aliphatic heterocycles. The number of aromatic nitrogens is 2. The Bertz CT molecular complexity index is 1020. The molecular weight excluding hydrogens is 407 g/mol. The smallest absolute Gasteiger partial charge is 0.291 e. The van der Waals surface area contributed by atoms with Gasteiger partial charge in [0.15, 0.2) is 0 Å². The maximum Gasteiger partial charge on any atom is 0.291 e. The number of rotatable bonds is 4. The quantitative estimate of drug-likeness (QED) is 0.645. The molecule has 4 nitrogen and oxygen atoms in total. The molecule has 2 aromatic carbocycles. The summed E-state index contributed by atoms with van der Waals surface area (Å²) in [6.45, 7) is 0.165. The molecule has 0 bridgehead atoms. The molecule has 0 saturated heterocycles. The normalized spacial score (nSPS) is 10.8. The van der Waals surface area contributed by atoms with Gasteiger partial charge in [0.1, 0.15) is 16.7 Å². The molecule has 0 aliphatic rings. The second-order valence-electron chi connectivity index (χ2n) is 5.32. The average Bonchev–Trinajstić information content (AvgIpc) is 2.58. The monoisotopic (exact) mass is 415 g/mol. The van der Waals surface area contributed by atoms with E-state index in [1.807, 2.05) is 0 Å². The van der Waals surface area contributed by atoms with Gasteiger partial charge in [-0.15, -0.1) is 0 Å². The van der Waals surface area contributed by atoms with Crippen LogP contribution in [0, 0.1) is 11.6 Å². The van der Waals surface area contributed by atoms with Gasteiger partial charge in [-0.25, -0.2) is 8.78 Å². The fourth-order valence-corrected chi connectivity index (χ4v) is 2.78. The van der Waals surface area contributed by atoms with Gasteiger partial charge in [0.05, 0.1) is 27.6 Å². The summed E-state index contributed by atoms with van der Waals surface area (Å²) in [6, 6.07) is 7.96. The van der Waals surface area contributed by atoms with Crippen molar-refractivity contribution in [2.45, 2.75) is 6.54 Å². The van der Waals surface area contributed by atoms with Crippen LogP contribution in [0.1, 0.15) is 5.56 Å². The molecule has 0 radical (unpaired) electrons. The number of nitrogens with one attached hydrogen (secondary N) is 1. The first-order valence-corrected chi connectivity index (χ1v) is 8.40. The van der Waals surface area contributed by atoms with Crippen molar-refractivity contribution in [2.24, 2.45) is 0 Å². The zero-order chi connectivity index (χ0) is 18.8. The van der Waals surface area contributed by atoms with Crippen molar-refractivity contribution in [1.82, 2.24) is 9.78 Å². The van der Waals surface area contributed by atoms with Gasteiger partial charge in [-0.1, -0.05) is 34.8 Å². The van der Waals surface area contributed by atoms with E-state index in [-0.39, 0.29) is 16.6 Å². The van der Waals surface area contributed by atoms with Crippen LogP contribution >= 0.6 is 34.8 Å². The lowest BCUT2D eigenvalue weighted by atomic mass is 10.2. The Morgan fingerprint density at radius 1 is 1.00 bits per heavy atom. The molecule has 0 spiro atoms. The Kier molecular flexibility index (Phi) is 5.46. The van der Waals surface area contributed by atoms with Crippen molar-refractivity contribution in [3.05, 3.63) is 85.2 Å². The van der Waals surface area contributed by atoms with Gasteiger partial charge in [-0.3, -0.25) is 4.79 Å². The second kappa shape index (κ2) is 7.61. The molecule has 0 saturated carbocycles. The van der Waals surface area contributed by atoms with Crippen LogP contribution in [0.25, 0.3) is 5.69 Å². The largest absolute Gasteiger partial charge is 0.380 e. The highest BCUT2D eigenvalue weighted by atomic mass is 35.5. The first kappa shape index (κ1) is 18.6. The van der Waals surface area contributed by atoms with Crippen molar-refractivity contribution >= 4 is 40.5 Å². The summed E-state index contributed by atoms with van der Waals surface area (Å²) in [5, 5.41) is 7.10. The zero-order valence-electron chi connectivity index (χ0n) is 12.9. The molecular formula is C17H10Cl3F2N3O. The molecule has 9 heteroatoms. The van der Waals surface area contributed by atoms with E-state index in [4.69, 9.17) is 34.8 Å². The van der Waals surface area contributed by atoms with Crippen LogP contribution < -0.4 is 10.9 Å². The molecule has 0 unspecified atom stereocenters. The van der Waals surface area contributed by atoms with Crippen molar-refractivity contribution < 1.29 is 8.78 Å². The van der Waals surface area contributed by atoms with Crippen molar-refractivity contribution in [2.75, 3.05) is 5.32 Å². The Labute approximate surface area is 161 Å². The summed E-state index contributed by atoms with van der Waals surface area (Å²) < 4.78 is 27.5. The lowest BCUT2D eigenvalue weighted by Crippen LogP contribution is -2.21. The van der Waals surface area contributed by atoms with Crippen LogP contribution in [0.5, 0.6) is 0 Å². The number of nitrogens with zero attached hydrogens (tertiary/aromatic N) is 2. The summed E-state index contributed by atoms with van der Waals surface area (Å²) in [6.07, 6.45) is 1.25. The number of anilines is 1. The molecule has 26 heavy (non-hydrogen) atoms. The van der Waals surface area contributed by atoms with Crippen molar-refractivity contribution in [3.8, 4) is 5.69 Å². The maximum absolute atomic E-state index is 13.2. The van der Waals surface area contributed by atoms with E-state index in [1.54, 1.807) is 12.1 Å². The number of hydrogen-bond donors (Lipinski definition) is 1. The van der Waals surface area contributed by atoms with E-state index < -0.39 is 17.2 Å². The molecule has 0 atom stereocenters. The second-order valence-corrected chi connectivity index (χ2v) is 6.51. The summed E-state index contributed by atoms with van der Waals surface area (Å²) in [7, 11) is 0. The molecule has 1 heterocycles.